The van der Waals surface area contributed by atoms with E-state index in [9.17, 15) is 9.59 Å². The number of nitrogens with one attached hydrogen (secondary N) is 1. The van der Waals surface area contributed by atoms with Gasteiger partial charge < -0.3 is 19.2 Å². The van der Waals surface area contributed by atoms with E-state index in [4.69, 9.17) is 18.9 Å². The highest BCUT2D eigenvalue weighted by Crippen LogP contribution is 2.34. The number of carbonyl (C=O) groups is 1. The Balaban J connectivity index is 1.40. The molecule has 0 bridgehead atoms. The normalized spacial score (nSPS) is 11.3. The summed E-state index contributed by atoms with van der Waals surface area (Å²) >= 11 is 3.49. The van der Waals surface area contributed by atoms with E-state index in [2.05, 4.69) is 26.3 Å². The number of halogens is 1. The van der Waals surface area contributed by atoms with Gasteiger partial charge in [-0.3, -0.25) is 9.59 Å². The molecule has 1 amide bonds. The summed E-state index contributed by atoms with van der Waals surface area (Å²) in [5.74, 6) is 0.933. The van der Waals surface area contributed by atoms with Crippen LogP contribution >= 0.6 is 15.9 Å². The number of aromatic nitrogens is 2. The van der Waals surface area contributed by atoms with Gasteiger partial charge >= 0.3 is 0 Å². The summed E-state index contributed by atoms with van der Waals surface area (Å²) in [4.78, 5) is 31.2. The summed E-state index contributed by atoms with van der Waals surface area (Å²) < 4.78 is 19.5. The zero-order valence-electron chi connectivity index (χ0n) is 23.2. The Kier molecular flexibility index (Phi) is 7.76. The monoisotopic (exact) mass is 636 g/mol. The first-order chi connectivity index (χ1) is 20.9. The van der Waals surface area contributed by atoms with E-state index in [1.54, 1.807) is 30.3 Å². The molecule has 0 spiro atoms. The first kappa shape index (κ1) is 27.9. The second kappa shape index (κ2) is 11.9. The molecule has 43 heavy (non-hydrogen) atoms. The van der Waals surface area contributed by atoms with Crippen molar-refractivity contribution in [2.24, 2.45) is 5.10 Å². The van der Waals surface area contributed by atoms with E-state index < -0.39 is 0 Å². The number of hydrogen-bond donors (Lipinski definition) is 1. The molecule has 0 aliphatic heterocycles. The smallest absolute Gasteiger partial charge is 0.282 e. The summed E-state index contributed by atoms with van der Waals surface area (Å²) in [6, 6.07) is 27.4. The Labute approximate surface area is 254 Å². The van der Waals surface area contributed by atoms with E-state index in [1.807, 2.05) is 67.6 Å². The fourth-order valence-corrected chi connectivity index (χ4v) is 5.08. The molecular weight excluding hydrogens is 612 g/mol. The van der Waals surface area contributed by atoms with Gasteiger partial charge in [0.05, 0.1) is 24.2 Å². The van der Waals surface area contributed by atoms with E-state index in [0.717, 1.165) is 10.9 Å². The number of fused-ring (bicyclic) bond motifs is 2. The van der Waals surface area contributed by atoms with Crippen LogP contribution in [0.5, 0.6) is 11.5 Å². The van der Waals surface area contributed by atoms with Crippen molar-refractivity contribution in [1.82, 2.24) is 9.66 Å². The summed E-state index contributed by atoms with van der Waals surface area (Å²) in [5, 5.41) is 8.68. The van der Waals surface area contributed by atoms with E-state index >= 15 is 0 Å². The lowest BCUT2D eigenvalue weighted by Crippen LogP contribution is -2.21. The highest BCUT2D eigenvalue weighted by molar-refractivity contribution is 9.10. The Morgan fingerprint density at radius 1 is 1.05 bits per heavy atom. The number of ether oxygens (including phenoxy) is 2. The number of nitrogens with zero attached hydrogens (tertiary/aromatic N) is 3. The van der Waals surface area contributed by atoms with Crippen LogP contribution in [0.25, 0.3) is 33.5 Å². The Hall–Kier alpha value is -5.22. The van der Waals surface area contributed by atoms with Gasteiger partial charge in [0.15, 0.2) is 23.9 Å². The SMILES string of the molecule is COc1cc(Br)cc(C=Nn2c(-c3cc4ccccc4o3)nc3ccccc3c2=O)c1OCC(=O)Nc1ccccc1C. The number of anilines is 1. The third-order valence-electron chi connectivity index (χ3n) is 6.75. The molecule has 9 nitrogen and oxygen atoms in total. The highest BCUT2D eigenvalue weighted by Gasteiger charge is 2.18. The predicted octanol–water partition coefficient (Wildman–Crippen LogP) is 6.79. The molecule has 0 atom stereocenters. The number of rotatable bonds is 8. The predicted molar refractivity (Wildman–Crippen MR) is 170 cm³/mol. The molecule has 4 aromatic carbocycles. The molecular formula is C33H25BrN4O5. The van der Waals surface area contributed by atoms with E-state index in [0.29, 0.717) is 43.7 Å². The van der Waals surface area contributed by atoms with Gasteiger partial charge in [-0.25, -0.2) is 4.98 Å². The third-order valence-corrected chi connectivity index (χ3v) is 7.20. The van der Waals surface area contributed by atoms with Crippen molar-refractivity contribution in [3.05, 3.63) is 117 Å². The second-order valence-electron chi connectivity index (χ2n) is 9.64. The van der Waals surface area contributed by atoms with Crippen LogP contribution in [0.2, 0.25) is 0 Å². The van der Waals surface area contributed by atoms with E-state index in [1.165, 1.54) is 18.0 Å². The maximum absolute atomic E-state index is 13.7. The quantitative estimate of drug-likeness (QED) is 0.184. The molecule has 6 aromatic rings. The van der Waals surface area contributed by atoms with Gasteiger partial charge in [-0.2, -0.15) is 9.78 Å². The molecule has 0 aliphatic carbocycles. The average molecular weight is 637 g/mol. The van der Waals surface area contributed by atoms with Gasteiger partial charge in [-0.05, 0) is 55.0 Å². The highest BCUT2D eigenvalue weighted by atomic mass is 79.9. The number of para-hydroxylation sites is 3. The molecule has 0 fully saturated rings. The lowest BCUT2D eigenvalue weighted by atomic mass is 10.2. The van der Waals surface area contributed by atoms with Crippen LogP contribution in [-0.4, -0.2) is 35.5 Å². The van der Waals surface area contributed by atoms with Crippen LogP contribution in [0.3, 0.4) is 0 Å². The van der Waals surface area contributed by atoms with Crippen molar-refractivity contribution in [2.45, 2.75) is 6.92 Å². The summed E-state index contributed by atoms with van der Waals surface area (Å²) in [7, 11) is 1.50. The molecule has 2 heterocycles. The van der Waals surface area contributed by atoms with E-state index in [-0.39, 0.29) is 29.6 Å². The van der Waals surface area contributed by atoms with Crippen LogP contribution in [-0.2, 0) is 4.79 Å². The maximum Gasteiger partial charge on any atom is 0.282 e. The van der Waals surface area contributed by atoms with Crippen molar-refractivity contribution in [2.75, 3.05) is 19.0 Å². The Morgan fingerprint density at radius 3 is 2.63 bits per heavy atom. The number of hydrogen-bond acceptors (Lipinski definition) is 7. The first-order valence-electron chi connectivity index (χ1n) is 13.3. The fourth-order valence-electron chi connectivity index (χ4n) is 4.63. The maximum atomic E-state index is 13.7. The standard InChI is InChI=1S/C33H25BrN4O5/c1-20-9-3-6-12-25(20)36-30(39)19-42-31-22(15-23(34)17-28(31)41-2)18-35-38-32(29-16-21-10-4-8-14-27(21)43-29)37-26-13-7-5-11-24(26)33(38)40/h3-18H,19H2,1-2H3,(H,36,39). The summed E-state index contributed by atoms with van der Waals surface area (Å²) in [6.07, 6.45) is 1.46. The van der Waals surface area contributed by atoms with Crippen molar-refractivity contribution in [3.8, 4) is 23.1 Å². The lowest BCUT2D eigenvalue weighted by molar-refractivity contribution is -0.118. The molecule has 0 unspecified atom stereocenters. The second-order valence-corrected chi connectivity index (χ2v) is 10.6. The number of benzene rings is 4. The molecule has 0 saturated carbocycles. The molecule has 2 aromatic heterocycles. The number of methoxy groups -OCH3 is 1. The van der Waals surface area contributed by atoms with Crippen molar-refractivity contribution in [1.29, 1.82) is 0 Å². The number of carbonyl (C=O) groups excluding carboxylic acids is 1. The third kappa shape index (κ3) is 5.77. The van der Waals surface area contributed by atoms with Crippen molar-refractivity contribution in [3.63, 3.8) is 0 Å². The fraction of sp³-hybridized carbons (Fsp3) is 0.0909. The molecule has 0 radical (unpaired) electrons. The average Bonchev–Trinajstić information content (AvgIpc) is 3.45. The van der Waals surface area contributed by atoms with Crippen molar-refractivity contribution >= 4 is 55.6 Å². The Bertz CT molecular complexity index is 2050. The minimum atomic E-state index is -0.376. The van der Waals surface area contributed by atoms with Crippen LogP contribution in [0.1, 0.15) is 11.1 Å². The molecule has 214 valence electrons. The molecule has 1 N–H and O–H groups in total. The zero-order chi connectivity index (χ0) is 29.9. The van der Waals surface area contributed by atoms with Gasteiger partial charge in [0, 0.05) is 21.1 Å². The minimum Gasteiger partial charge on any atom is -0.493 e. The number of amides is 1. The topological polar surface area (TPSA) is 108 Å². The number of aryl methyl sites for hydroxylation is 1. The Morgan fingerprint density at radius 2 is 1.81 bits per heavy atom. The zero-order valence-corrected chi connectivity index (χ0v) is 24.8. The molecule has 10 heteroatoms. The van der Waals surface area contributed by atoms with Gasteiger partial charge in [-0.15, -0.1) is 0 Å². The number of furan rings is 1. The van der Waals surface area contributed by atoms with Gasteiger partial charge in [0.1, 0.15) is 5.58 Å². The van der Waals surface area contributed by atoms with Crippen LogP contribution < -0.4 is 20.3 Å². The molecule has 6 rings (SSSR count). The summed E-state index contributed by atoms with van der Waals surface area (Å²) in [6.45, 7) is 1.63. The van der Waals surface area contributed by atoms with Crippen LogP contribution in [0.4, 0.5) is 5.69 Å². The molecule has 0 saturated heterocycles. The summed E-state index contributed by atoms with van der Waals surface area (Å²) in [5.41, 5.74) is 2.89. The van der Waals surface area contributed by atoms with Gasteiger partial charge in [0.25, 0.3) is 11.5 Å². The van der Waals surface area contributed by atoms with Crippen LogP contribution in [0, 0.1) is 6.92 Å². The van der Waals surface area contributed by atoms with Crippen LogP contribution in [0.15, 0.2) is 110 Å². The minimum absolute atomic E-state index is 0.234. The first-order valence-corrected chi connectivity index (χ1v) is 14.1. The largest absolute Gasteiger partial charge is 0.493 e. The van der Waals surface area contributed by atoms with Gasteiger partial charge in [-0.1, -0.05) is 64.5 Å². The van der Waals surface area contributed by atoms with Crippen molar-refractivity contribution < 1.29 is 18.7 Å². The lowest BCUT2D eigenvalue weighted by Gasteiger charge is -2.15. The molecule has 0 aliphatic rings. The van der Waals surface area contributed by atoms with Gasteiger partial charge in [0.2, 0.25) is 5.82 Å².